The van der Waals surface area contributed by atoms with E-state index in [0.29, 0.717) is 0 Å². The highest BCUT2D eigenvalue weighted by Gasteiger charge is 2.15. The fourth-order valence-corrected chi connectivity index (χ4v) is 1.06. The van der Waals surface area contributed by atoms with Crippen LogP contribution in [0.25, 0.3) is 0 Å². The van der Waals surface area contributed by atoms with Crippen molar-refractivity contribution in [1.82, 2.24) is 0 Å². The van der Waals surface area contributed by atoms with E-state index in [1.807, 2.05) is 0 Å². The average molecular weight is 124 g/mol. The molecule has 0 atom stereocenters. The first-order chi connectivity index (χ1) is 4.47. The topological polar surface area (TPSA) is 18.5 Å². The number of hydrogen-bond acceptors (Lipinski definition) is 2. The van der Waals surface area contributed by atoms with Crippen LogP contribution in [0.1, 0.15) is 6.42 Å². The number of ether oxygens (including phenoxy) is 2. The van der Waals surface area contributed by atoms with E-state index < -0.39 is 0 Å². The van der Waals surface area contributed by atoms with E-state index in [9.17, 15) is 0 Å². The molecule has 0 aromatic heterocycles. The van der Waals surface area contributed by atoms with Crippen molar-refractivity contribution in [2.75, 3.05) is 13.2 Å². The molecule has 48 valence electrons. The van der Waals surface area contributed by atoms with E-state index in [4.69, 9.17) is 9.47 Å². The zero-order chi connectivity index (χ0) is 6.10. The summed E-state index contributed by atoms with van der Waals surface area (Å²) in [4.78, 5) is 0. The van der Waals surface area contributed by atoms with Crippen LogP contribution in [0.4, 0.5) is 0 Å². The van der Waals surface area contributed by atoms with Gasteiger partial charge in [0.25, 0.3) is 0 Å². The molecule has 2 heteroatoms. The van der Waals surface area contributed by atoms with Crippen molar-refractivity contribution in [2.45, 2.75) is 6.42 Å². The summed E-state index contributed by atoms with van der Waals surface area (Å²) in [5.41, 5.74) is 1.31. The summed E-state index contributed by atoms with van der Waals surface area (Å²) in [6.45, 7) is 1.53. The van der Waals surface area contributed by atoms with Gasteiger partial charge in [0, 0.05) is 12.0 Å². The summed E-state index contributed by atoms with van der Waals surface area (Å²) in [6.07, 6.45) is 4.81. The van der Waals surface area contributed by atoms with Crippen LogP contribution in [0.15, 0.2) is 23.7 Å². The van der Waals surface area contributed by atoms with E-state index in [1.54, 1.807) is 6.26 Å². The third-order valence-corrected chi connectivity index (χ3v) is 1.56. The van der Waals surface area contributed by atoms with Crippen molar-refractivity contribution in [2.24, 2.45) is 0 Å². The van der Waals surface area contributed by atoms with Crippen molar-refractivity contribution in [3.05, 3.63) is 23.7 Å². The van der Waals surface area contributed by atoms with Crippen LogP contribution in [0.5, 0.6) is 0 Å². The maximum absolute atomic E-state index is 5.20. The Bertz CT molecular complexity index is 179. The van der Waals surface area contributed by atoms with Gasteiger partial charge in [-0.3, -0.25) is 0 Å². The maximum Gasteiger partial charge on any atom is 0.157 e. The molecule has 0 aromatic carbocycles. The van der Waals surface area contributed by atoms with Gasteiger partial charge in [-0.25, -0.2) is 0 Å². The van der Waals surface area contributed by atoms with Crippen LogP contribution < -0.4 is 0 Å². The molecule has 0 bridgehead atoms. The molecule has 0 N–H and O–H groups in total. The molecule has 0 radical (unpaired) electrons. The molecule has 2 aliphatic heterocycles. The largest absolute Gasteiger partial charge is 0.497 e. The molecule has 0 saturated heterocycles. The fourth-order valence-electron chi connectivity index (χ4n) is 1.06. The average Bonchev–Trinajstić information content (AvgIpc) is 2.33. The molecule has 2 nitrogen and oxygen atoms in total. The van der Waals surface area contributed by atoms with Gasteiger partial charge >= 0.3 is 0 Å². The minimum atomic E-state index is 0.727. The second-order valence-electron chi connectivity index (χ2n) is 2.14. The summed E-state index contributed by atoms with van der Waals surface area (Å²) in [5.74, 6) is 0.932. The number of rotatable bonds is 0. The molecule has 0 amide bonds. The zero-order valence-corrected chi connectivity index (χ0v) is 5.09. The van der Waals surface area contributed by atoms with Crippen molar-refractivity contribution < 1.29 is 9.47 Å². The fraction of sp³-hybridized carbons (Fsp3) is 0.429. The molecule has 0 saturated carbocycles. The van der Waals surface area contributed by atoms with Crippen LogP contribution in [0.3, 0.4) is 0 Å². The third kappa shape index (κ3) is 0.707. The quantitative estimate of drug-likeness (QED) is 0.483. The highest BCUT2D eigenvalue weighted by molar-refractivity contribution is 5.30. The van der Waals surface area contributed by atoms with Crippen LogP contribution in [0, 0.1) is 0 Å². The van der Waals surface area contributed by atoms with Gasteiger partial charge < -0.3 is 9.47 Å². The van der Waals surface area contributed by atoms with E-state index in [-0.39, 0.29) is 0 Å². The summed E-state index contributed by atoms with van der Waals surface area (Å²) in [7, 11) is 0. The lowest BCUT2D eigenvalue weighted by molar-refractivity contribution is 0.193. The van der Waals surface area contributed by atoms with E-state index in [1.165, 1.54) is 5.57 Å². The van der Waals surface area contributed by atoms with Gasteiger partial charge in [0.2, 0.25) is 0 Å². The van der Waals surface area contributed by atoms with Crippen LogP contribution in [-0.4, -0.2) is 13.2 Å². The van der Waals surface area contributed by atoms with Gasteiger partial charge in [-0.2, -0.15) is 0 Å². The zero-order valence-electron chi connectivity index (χ0n) is 5.09. The van der Waals surface area contributed by atoms with Crippen molar-refractivity contribution in [3.63, 3.8) is 0 Å². The van der Waals surface area contributed by atoms with Gasteiger partial charge in [-0.1, -0.05) is 0 Å². The molecular weight excluding hydrogens is 116 g/mol. The lowest BCUT2D eigenvalue weighted by atomic mass is 10.1. The minimum Gasteiger partial charge on any atom is -0.497 e. The number of hydrogen-bond donors (Lipinski definition) is 0. The molecule has 0 aliphatic carbocycles. The highest BCUT2D eigenvalue weighted by atomic mass is 16.5. The summed E-state index contributed by atoms with van der Waals surface area (Å²) in [6, 6.07) is 0. The second kappa shape index (κ2) is 1.79. The summed E-state index contributed by atoms with van der Waals surface area (Å²) < 4.78 is 10.3. The van der Waals surface area contributed by atoms with E-state index in [0.717, 1.165) is 25.4 Å². The van der Waals surface area contributed by atoms with Gasteiger partial charge in [-0.05, 0) is 6.08 Å². The molecule has 0 aromatic rings. The molecule has 0 fully saturated rings. The monoisotopic (exact) mass is 124 g/mol. The second-order valence-corrected chi connectivity index (χ2v) is 2.14. The normalized spacial score (nSPS) is 23.1. The van der Waals surface area contributed by atoms with Crippen molar-refractivity contribution in [1.29, 1.82) is 0 Å². The number of fused-ring (bicyclic) bond motifs is 1. The Morgan fingerprint density at radius 1 is 1.44 bits per heavy atom. The Hall–Kier alpha value is -0.920. The lowest BCUT2D eigenvalue weighted by Crippen LogP contribution is -2.00. The van der Waals surface area contributed by atoms with Crippen LogP contribution in [-0.2, 0) is 9.47 Å². The lowest BCUT2D eigenvalue weighted by Gasteiger charge is -2.10. The summed E-state index contributed by atoms with van der Waals surface area (Å²) >= 11 is 0. The van der Waals surface area contributed by atoms with Crippen molar-refractivity contribution in [3.8, 4) is 0 Å². The van der Waals surface area contributed by atoms with Gasteiger partial charge in [-0.15, -0.1) is 0 Å². The molecule has 2 aliphatic rings. The van der Waals surface area contributed by atoms with Crippen LogP contribution >= 0.6 is 0 Å². The first kappa shape index (κ1) is 4.91. The Morgan fingerprint density at radius 2 is 2.44 bits per heavy atom. The van der Waals surface area contributed by atoms with Crippen LogP contribution in [0.2, 0.25) is 0 Å². The SMILES string of the molecule is C1=C2CCOC=C2OC1. The molecule has 0 spiro atoms. The maximum atomic E-state index is 5.20. The molecular formula is C7H8O2. The molecule has 2 heterocycles. The Balaban J connectivity index is 2.30. The van der Waals surface area contributed by atoms with Gasteiger partial charge in [0.15, 0.2) is 5.76 Å². The predicted octanol–water partition coefficient (Wildman–Crippen LogP) is 1.20. The third-order valence-electron chi connectivity index (χ3n) is 1.56. The minimum absolute atomic E-state index is 0.727. The first-order valence-electron chi connectivity index (χ1n) is 3.11. The molecule has 2 rings (SSSR count). The van der Waals surface area contributed by atoms with Gasteiger partial charge in [0.05, 0.1) is 6.61 Å². The Morgan fingerprint density at radius 3 is 3.33 bits per heavy atom. The van der Waals surface area contributed by atoms with E-state index in [2.05, 4.69) is 6.08 Å². The summed E-state index contributed by atoms with van der Waals surface area (Å²) in [5, 5.41) is 0. The molecule has 0 unspecified atom stereocenters. The smallest absolute Gasteiger partial charge is 0.157 e. The predicted molar refractivity (Wildman–Crippen MR) is 32.7 cm³/mol. The van der Waals surface area contributed by atoms with Crippen molar-refractivity contribution >= 4 is 0 Å². The highest BCUT2D eigenvalue weighted by Crippen LogP contribution is 2.24. The number of allylic oxidation sites excluding steroid dienone is 1. The van der Waals surface area contributed by atoms with Gasteiger partial charge in [0.1, 0.15) is 12.9 Å². The molecule has 9 heavy (non-hydrogen) atoms. The Labute approximate surface area is 53.8 Å². The Kier molecular flexibility index (Phi) is 0.979. The standard InChI is InChI=1S/C7H8O2/c1-3-8-5-7-6(1)2-4-9-7/h2,5H,1,3-4H2. The first-order valence-corrected chi connectivity index (χ1v) is 3.11. The van der Waals surface area contributed by atoms with E-state index >= 15 is 0 Å².